The fraction of sp³-hybridized carbons (Fsp3) is 0.312. The molecule has 224 valence electrons. The lowest BCUT2D eigenvalue weighted by Gasteiger charge is -2.33. The van der Waals surface area contributed by atoms with Crippen molar-refractivity contribution in [1.29, 1.82) is 0 Å². The number of methoxy groups -OCH3 is 6. The maximum Gasteiger partial charge on any atom is 0.246 e. The molecular weight excluding hydrogens is 540 g/mol. The summed E-state index contributed by atoms with van der Waals surface area (Å²) in [5.41, 5.74) is 1.67. The first kappa shape index (κ1) is 31.7. The molecule has 1 fully saturated rings. The Kier molecular flexibility index (Phi) is 11.9. The summed E-state index contributed by atoms with van der Waals surface area (Å²) in [5.74, 6) is 3.01. The van der Waals surface area contributed by atoms with Crippen LogP contribution in [0.25, 0.3) is 12.2 Å². The molecule has 0 atom stereocenters. The van der Waals surface area contributed by atoms with Gasteiger partial charge in [-0.3, -0.25) is 9.59 Å². The Morgan fingerprint density at radius 2 is 0.833 bits per heavy atom. The molecule has 2 aromatic rings. The van der Waals surface area contributed by atoms with E-state index in [9.17, 15) is 9.59 Å². The molecule has 1 saturated heterocycles. The van der Waals surface area contributed by atoms with Crippen LogP contribution in [0.15, 0.2) is 60.7 Å². The third-order valence-corrected chi connectivity index (χ3v) is 6.55. The summed E-state index contributed by atoms with van der Waals surface area (Å²) in [4.78, 5) is 28.7. The highest BCUT2D eigenvalue weighted by molar-refractivity contribution is 5.90. The maximum atomic E-state index is 12.6. The number of amides is 2. The number of hydrogen-bond acceptors (Lipinski definition) is 8. The zero-order chi connectivity index (χ0) is 30.5. The fourth-order valence-corrected chi connectivity index (χ4v) is 4.36. The number of carbonyl (C=O) groups is 2. The number of piperazine rings is 1. The maximum absolute atomic E-state index is 12.6. The first-order valence-corrected chi connectivity index (χ1v) is 13.3. The molecule has 2 aromatic carbocycles. The Morgan fingerprint density at radius 3 is 1.10 bits per heavy atom. The number of allylic oxidation sites excluding steroid dienone is 4. The van der Waals surface area contributed by atoms with Crippen molar-refractivity contribution < 1.29 is 38.0 Å². The van der Waals surface area contributed by atoms with E-state index in [0.29, 0.717) is 60.7 Å². The smallest absolute Gasteiger partial charge is 0.246 e. The van der Waals surface area contributed by atoms with E-state index in [-0.39, 0.29) is 11.8 Å². The normalized spacial score (nSPS) is 13.8. The minimum atomic E-state index is -0.111. The van der Waals surface area contributed by atoms with Crippen LogP contribution in [0.5, 0.6) is 34.5 Å². The van der Waals surface area contributed by atoms with Gasteiger partial charge in [0.2, 0.25) is 23.3 Å². The highest BCUT2D eigenvalue weighted by atomic mass is 16.5. The van der Waals surface area contributed by atoms with Crippen molar-refractivity contribution in [2.24, 2.45) is 0 Å². The second kappa shape index (κ2) is 15.8. The van der Waals surface area contributed by atoms with Crippen molar-refractivity contribution in [3.8, 4) is 34.5 Å². The molecule has 1 aliphatic heterocycles. The molecule has 0 aliphatic carbocycles. The van der Waals surface area contributed by atoms with Crippen molar-refractivity contribution in [3.05, 3.63) is 71.8 Å². The second-order valence-corrected chi connectivity index (χ2v) is 9.00. The third-order valence-electron chi connectivity index (χ3n) is 6.55. The summed E-state index contributed by atoms with van der Waals surface area (Å²) in [6.45, 7) is 1.84. The van der Waals surface area contributed by atoms with Gasteiger partial charge in [-0.05, 0) is 35.4 Å². The van der Waals surface area contributed by atoms with Gasteiger partial charge in [-0.15, -0.1) is 0 Å². The van der Waals surface area contributed by atoms with Gasteiger partial charge in [0.05, 0.1) is 42.7 Å². The van der Waals surface area contributed by atoms with Crippen LogP contribution in [-0.2, 0) is 9.59 Å². The van der Waals surface area contributed by atoms with E-state index < -0.39 is 0 Å². The lowest BCUT2D eigenvalue weighted by atomic mass is 10.1. The van der Waals surface area contributed by atoms with Crippen molar-refractivity contribution in [2.75, 3.05) is 68.8 Å². The van der Waals surface area contributed by atoms with Gasteiger partial charge in [0.25, 0.3) is 0 Å². The highest BCUT2D eigenvalue weighted by Gasteiger charge is 2.21. The Balaban J connectivity index is 1.50. The van der Waals surface area contributed by atoms with Crippen LogP contribution in [0.1, 0.15) is 11.1 Å². The minimum absolute atomic E-state index is 0.111. The van der Waals surface area contributed by atoms with Crippen LogP contribution in [-0.4, -0.2) is 90.5 Å². The Morgan fingerprint density at radius 1 is 0.524 bits per heavy atom. The van der Waals surface area contributed by atoms with Crippen LogP contribution in [0.4, 0.5) is 0 Å². The van der Waals surface area contributed by atoms with Gasteiger partial charge < -0.3 is 38.2 Å². The predicted molar refractivity (Wildman–Crippen MR) is 162 cm³/mol. The van der Waals surface area contributed by atoms with E-state index in [0.717, 1.165) is 11.1 Å². The van der Waals surface area contributed by atoms with Crippen molar-refractivity contribution in [2.45, 2.75) is 0 Å². The molecule has 0 N–H and O–H groups in total. The highest BCUT2D eigenvalue weighted by Crippen LogP contribution is 2.39. The van der Waals surface area contributed by atoms with Crippen molar-refractivity contribution >= 4 is 24.0 Å². The van der Waals surface area contributed by atoms with Crippen LogP contribution in [0.2, 0.25) is 0 Å². The predicted octanol–water partition coefficient (Wildman–Crippen LogP) is 4.25. The third kappa shape index (κ3) is 8.09. The molecule has 0 spiro atoms. The number of rotatable bonds is 12. The van der Waals surface area contributed by atoms with Gasteiger partial charge in [0.1, 0.15) is 0 Å². The SMILES string of the molecule is COc1cc(/C=C/C=C/C(=O)N2CCN(C(=O)/C=C/C=C/c3cc(OC)c(OC)c(OC)c3)CC2)cc(OC)c1OC. The zero-order valence-electron chi connectivity index (χ0n) is 24.9. The van der Waals surface area contributed by atoms with Crippen molar-refractivity contribution in [3.63, 3.8) is 0 Å². The first-order valence-electron chi connectivity index (χ1n) is 13.3. The molecule has 42 heavy (non-hydrogen) atoms. The number of ether oxygens (including phenoxy) is 6. The van der Waals surface area contributed by atoms with Crippen LogP contribution in [0, 0.1) is 0 Å². The summed E-state index contributed by atoms with van der Waals surface area (Å²) in [5, 5.41) is 0. The summed E-state index contributed by atoms with van der Waals surface area (Å²) in [6, 6.07) is 7.28. The van der Waals surface area contributed by atoms with E-state index in [2.05, 4.69) is 0 Å². The molecule has 0 unspecified atom stereocenters. The molecule has 2 amide bonds. The minimum Gasteiger partial charge on any atom is -0.493 e. The van der Waals surface area contributed by atoms with E-state index in [4.69, 9.17) is 28.4 Å². The lowest BCUT2D eigenvalue weighted by Crippen LogP contribution is -2.49. The molecule has 10 nitrogen and oxygen atoms in total. The van der Waals surface area contributed by atoms with Gasteiger partial charge in [-0.2, -0.15) is 0 Å². The van der Waals surface area contributed by atoms with E-state index >= 15 is 0 Å². The van der Waals surface area contributed by atoms with E-state index in [1.54, 1.807) is 76.8 Å². The summed E-state index contributed by atoms with van der Waals surface area (Å²) < 4.78 is 32.2. The molecule has 0 saturated carbocycles. The Bertz CT molecular complexity index is 1200. The van der Waals surface area contributed by atoms with Gasteiger partial charge in [0.15, 0.2) is 23.0 Å². The monoisotopic (exact) mass is 578 g/mol. The lowest BCUT2D eigenvalue weighted by molar-refractivity contribution is -0.134. The average Bonchev–Trinajstić information content (AvgIpc) is 3.03. The number of hydrogen-bond donors (Lipinski definition) is 0. The van der Waals surface area contributed by atoms with Gasteiger partial charge in [-0.25, -0.2) is 0 Å². The number of benzene rings is 2. The average molecular weight is 579 g/mol. The fourth-order valence-electron chi connectivity index (χ4n) is 4.36. The quantitative estimate of drug-likeness (QED) is 0.273. The Labute approximate surface area is 247 Å². The number of carbonyl (C=O) groups excluding carboxylic acids is 2. The summed E-state index contributed by atoms with van der Waals surface area (Å²) in [6.07, 6.45) is 13.6. The number of nitrogens with zero attached hydrogens (tertiary/aromatic N) is 2. The van der Waals surface area contributed by atoms with Crippen molar-refractivity contribution in [1.82, 2.24) is 9.80 Å². The molecule has 3 rings (SSSR count). The zero-order valence-corrected chi connectivity index (χ0v) is 24.9. The van der Waals surface area contributed by atoms with Crippen LogP contribution < -0.4 is 28.4 Å². The van der Waals surface area contributed by atoms with Crippen LogP contribution in [0.3, 0.4) is 0 Å². The standard InChI is InChI=1S/C32H38N2O8/c1-37-25-19-23(20-26(38-2)31(25)41-5)11-7-9-13-29(35)33-15-17-34(18-16-33)30(36)14-10-8-12-24-21-27(39-3)32(42-6)28(22-24)40-4/h7-14,19-22H,15-18H2,1-6H3/b11-7+,12-8+,13-9+,14-10+. The molecule has 0 radical (unpaired) electrons. The van der Waals surface area contributed by atoms with Crippen LogP contribution >= 0.6 is 0 Å². The summed E-state index contributed by atoms with van der Waals surface area (Å²) in [7, 11) is 9.34. The van der Waals surface area contributed by atoms with E-state index in [1.165, 1.54) is 12.2 Å². The van der Waals surface area contributed by atoms with Gasteiger partial charge in [0, 0.05) is 38.3 Å². The molecule has 1 heterocycles. The molecule has 1 aliphatic rings. The van der Waals surface area contributed by atoms with Gasteiger partial charge >= 0.3 is 0 Å². The first-order chi connectivity index (χ1) is 20.4. The molecule has 10 heteroatoms. The molecule has 0 bridgehead atoms. The summed E-state index contributed by atoms with van der Waals surface area (Å²) >= 11 is 0. The molecule has 0 aromatic heterocycles. The molecular formula is C32H38N2O8. The van der Waals surface area contributed by atoms with Gasteiger partial charge in [-0.1, -0.05) is 36.5 Å². The topological polar surface area (TPSA) is 96.0 Å². The van der Waals surface area contributed by atoms with E-state index in [1.807, 2.05) is 36.4 Å². The second-order valence-electron chi connectivity index (χ2n) is 9.00. The Hall–Kier alpha value is -4.86. The largest absolute Gasteiger partial charge is 0.493 e.